The molecule has 0 heterocycles. The van der Waals surface area contributed by atoms with E-state index in [1.165, 1.54) is 6.92 Å². The van der Waals surface area contributed by atoms with E-state index >= 15 is 0 Å². The minimum Gasteiger partial charge on any atom is -0.460 e. The SMILES string of the molecule is CC(=O)C(N)CCCCC(=O)OC(C)(C)C. The van der Waals surface area contributed by atoms with Gasteiger partial charge < -0.3 is 10.5 Å². The summed E-state index contributed by atoms with van der Waals surface area (Å²) in [6.07, 6.45) is 2.52. The van der Waals surface area contributed by atoms with Crippen LogP contribution in [0, 0.1) is 0 Å². The Hall–Kier alpha value is -0.900. The van der Waals surface area contributed by atoms with Crippen molar-refractivity contribution in [1.29, 1.82) is 0 Å². The first-order valence-corrected chi connectivity index (χ1v) is 5.70. The summed E-state index contributed by atoms with van der Waals surface area (Å²) < 4.78 is 5.16. The Bertz CT molecular complexity index is 243. The van der Waals surface area contributed by atoms with Gasteiger partial charge in [-0.3, -0.25) is 9.59 Å². The summed E-state index contributed by atoms with van der Waals surface area (Å²) in [6.45, 7) is 7.02. The molecule has 0 aliphatic carbocycles. The molecule has 0 radical (unpaired) electrons. The van der Waals surface area contributed by atoms with Gasteiger partial charge >= 0.3 is 5.97 Å². The maximum atomic E-state index is 11.3. The van der Waals surface area contributed by atoms with Gasteiger partial charge in [0.25, 0.3) is 0 Å². The maximum absolute atomic E-state index is 11.3. The van der Waals surface area contributed by atoms with Crippen molar-refractivity contribution in [3.63, 3.8) is 0 Å². The quantitative estimate of drug-likeness (QED) is 0.557. The van der Waals surface area contributed by atoms with Crippen LogP contribution in [0.25, 0.3) is 0 Å². The molecule has 4 nitrogen and oxygen atoms in total. The second kappa shape index (κ2) is 6.63. The molecule has 0 bridgehead atoms. The summed E-state index contributed by atoms with van der Waals surface area (Å²) in [5, 5.41) is 0. The topological polar surface area (TPSA) is 69.4 Å². The summed E-state index contributed by atoms with van der Waals surface area (Å²) in [4.78, 5) is 22.2. The van der Waals surface area contributed by atoms with Crippen LogP contribution in [-0.2, 0) is 14.3 Å². The molecule has 0 amide bonds. The van der Waals surface area contributed by atoms with Crippen molar-refractivity contribution < 1.29 is 14.3 Å². The lowest BCUT2D eigenvalue weighted by molar-refractivity contribution is -0.154. The predicted octanol–water partition coefficient (Wildman–Crippen LogP) is 1.80. The van der Waals surface area contributed by atoms with Gasteiger partial charge in [0.15, 0.2) is 0 Å². The lowest BCUT2D eigenvalue weighted by Gasteiger charge is -2.19. The van der Waals surface area contributed by atoms with Crippen LogP contribution in [0.2, 0.25) is 0 Å². The van der Waals surface area contributed by atoms with Crippen molar-refractivity contribution in [3.05, 3.63) is 0 Å². The number of unbranched alkanes of at least 4 members (excludes halogenated alkanes) is 1. The number of esters is 1. The van der Waals surface area contributed by atoms with Gasteiger partial charge in [-0.1, -0.05) is 6.42 Å². The third kappa shape index (κ3) is 8.41. The monoisotopic (exact) mass is 229 g/mol. The largest absolute Gasteiger partial charge is 0.460 e. The first-order chi connectivity index (χ1) is 7.22. The van der Waals surface area contributed by atoms with Crippen LogP contribution >= 0.6 is 0 Å². The highest BCUT2D eigenvalue weighted by Gasteiger charge is 2.15. The van der Waals surface area contributed by atoms with Crippen LogP contribution in [0.3, 0.4) is 0 Å². The number of carbonyl (C=O) groups excluding carboxylic acids is 2. The standard InChI is InChI=1S/C12H23NO3/c1-9(14)10(13)7-5-6-8-11(15)16-12(2,3)4/h10H,5-8,13H2,1-4H3. The van der Waals surface area contributed by atoms with Gasteiger partial charge in [-0.2, -0.15) is 0 Å². The molecule has 0 spiro atoms. The van der Waals surface area contributed by atoms with Crippen LogP contribution in [0.4, 0.5) is 0 Å². The van der Waals surface area contributed by atoms with E-state index in [0.29, 0.717) is 12.8 Å². The molecule has 0 rings (SSSR count). The second-order valence-corrected chi connectivity index (χ2v) is 5.05. The molecule has 0 aliphatic rings. The average Bonchev–Trinajstić information content (AvgIpc) is 2.08. The minimum atomic E-state index is -0.424. The van der Waals surface area contributed by atoms with Crippen LogP contribution in [-0.4, -0.2) is 23.4 Å². The van der Waals surface area contributed by atoms with Gasteiger partial charge in [-0.15, -0.1) is 0 Å². The Balaban J connectivity index is 3.60. The third-order valence-electron chi connectivity index (χ3n) is 2.09. The fourth-order valence-electron chi connectivity index (χ4n) is 1.23. The number of hydrogen-bond donors (Lipinski definition) is 1. The highest BCUT2D eigenvalue weighted by Crippen LogP contribution is 2.10. The van der Waals surface area contributed by atoms with Gasteiger partial charge in [0, 0.05) is 6.42 Å². The molecule has 0 aromatic heterocycles. The molecule has 2 N–H and O–H groups in total. The van der Waals surface area contributed by atoms with E-state index < -0.39 is 11.6 Å². The zero-order valence-electron chi connectivity index (χ0n) is 10.7. The number of Topliss-reactive ketones (excluding diaryl/α,β-unsaturated/α-hetero) is 1. The van der Waals surface area contributed by atoms with Gasteiger partial charge in [0.2, 0.25) is 0 Å². The van der Waals surface area contributed by atoms with Crippen molar-refractivity contribution >= 4 is 11.8 Å². The molecule has 0 aromatic rings. The van der Waals surface area contributed by atoms with Crippen LogP contribution in [0.5, 0.6) is 0 Å². The Morgan fingerprint density at radius 1 is 1.25 bits per heavy atom. The third-order valence-corrected chi connectivity index (χ3v) is 2.09. The van der Waals surface area contributed by atoms with E-state index in [1.807, 2.05) is 20.8 Å². The van der Waals surface area contributed by atoms with E-state index in [1.54, 1.807) is 0 Å². The number of nitrogens with two attached hydrogens (primary N) is 1. The lowest BCUT2D eigenvalue weighted by Crippen LogP contribution is -2.28. The van der Waals surface area contributed by atoms with E-state index in [-0.39, 0.29) is 11.8 Å². The molecule has 0 aliphatic heterocycles. The molecule has 4 heteroatoms. The number of rotatable bonds is 6. The fourth-order valence-corrected chi connectivity index (χ4v) is 1.23. The first-order valence-electron chi connectivity index (χ1n) is 5.70. The molecule has 0 saturated heterocycles. The van der Waals surface area contributed by atoms with Gasteiger partial charge in [-0.05, 0) is 40.5 Å². The fraction of sp³-hybridized carbons (Fsp3) is 0.833. The minimum absolute atomic E-state index is 0.00253. The van der Waals surface area contributed by atoms with Crippen LogP contribution in [0.1, 0.15) is 53.4 Å². The first kappa shape index (κ1) is 15.1. The highest BCUT2D eigenvalue weighted by atomic mass is 16.6. The molecule has 1 atom stereocenters. The van der Waals surface area contributed by atoms with Crippen molar-refractivity contribution in [2.45, 2.75) is 65.0 Å². The van der Waals surface area contributed by atoms with E-state index in [0.717, 1.165) is 12.8 Å². The maximum Gasteiger partial charge on any atom is 0.306 e. The zero-order valence-corrected chi connectivity index (χ0v) is 10.7. The normalized spacial score (nSPS) is 13.3. The summed E-state index contributed by atoms with van der Waals surface area (Å²) in [6, 6.07) is -0.390. The molecule has 16 heavy (non-hydrogen) atoms. The van der Waals surface area contributed by atoms with Crippen LogP contribution in [0.15, 0.2) is 0 Å². The van der Waals surface area contributed by atoms with Crippen molar-refractivity contribution in [2.24, 2.45) is 5.73 Å². The molecule has 0 aromatic carbocycles. The van der Waals surface area contributed by atoms with Crippen molar-refractivity contribution in [1.82, 2.24) is 0 Å². The summed E-state index contributed by atoms with van der Waals surface area (Å²) in [5.74, 6) is -0.193. The smallest absolute Gasteiger partial charge is 0.306 e. The molecule has 94 valence electrons. The second-order valence-electron chi connectivity index (χ2n) is 5.05. The van der Waals surface area contributed by atoms with E-state index in [4.69, 9.17) is 10.5 Å². The molecule has 0 saturated carbocycles. The zero-order chi connectivity index (χ0) is 12.8. The Kier molecular flexibility index (Phi) is 6.26. The van der Waals surface area contributed by atoms with Gasteiger partial charge in [0.05, 0.1) is 6.04 Å². The number of carbonyl (C=O) groups is 2. The molecule has 0 fully saturated rings. The number of ketones is 1. The summed E-state index contributed by atoms with van der Waals surface area (Å²) >= 11 is 0. The van der Waals surface area contributed by atoms with Gasteiger partial charge in [-0.25, -0.2) is 0 Å². The highest BCUT2D eigenvalue weighted by molar-refractivity contribution is 5.81. The predicted molar refractivity (Wildman–Crippen MR) is 63.0 cm³/mol. The lowest BCUT2D eigenvalue weighted by atomic mass is 10.1. The number of hydrogen-bond acceptors (Lipinski definition) is 4. The van der Waals surface area contributed by atoms with E-state index in [9.17, 15) is 9.59 Å². The van der Waals surface area contributed by atoms with Crippen LogP contribution < -0.4 is 5.73 Å². The van der Waals surface area contributed by atoms with E-state index in [2.05, 4.69) is 0 Å². The molecule has 1 unspecified atom stereocenters. The molecular formula is C12H23NO3. The average molecular weight is 229 g/mol. The summed E-state index contributed by atoms with van der Waals surface area (Å²) in [5.41, 5.74) is 5.15. The Morgan fingerprint density at radius 2 is 1.81 bits per heavy atom. The van der Waals surface area contributed by atoms with Crippen molar-refractivity contribution in [3.8, 4) is 0 Å². The van der Waals surface area contributed by atoms with Gasteiger partial charge in [0.1, 0.15) is 11.4 Å². The summed E-state index contributed by atoms with van der Waals surface area (Å²) in [7, 11) is 0. The Morgan fingerprint density at radius 3 is 2.25 bits per heavy atom. The molecular weight excluding hydrogens is 206 g/mol. The number of ether oxygens (including phenoxy) is 1. The van der Waals surface area contributed by atoms with Crippen molar-refractivity contribution in [2.75, 3.05) is 0 Å². The Labute approximate surface area is 97.5 Å².